The highest BCUT2D eigenvalue weighted by Gasteiger charge is 2.36. The van der Waals surface area contributed by atoms with E-state index in [0.717, 1.165) is 18.4 Å². The molecule has 1 aromatic rings. The van der Waals surface area contributed by atoms with Crippen molar-refractivity contribution < 1.29 is 14.4 Å². The molecule has 6 nitrogen and oxygen atoms in total. The first-order valence-corrected chi connectivity index (χ1v) is 13.8. The number of amides is 3. The van der Waals surface area contributed by atoms with Crippen LogP contribution in [0.25, 0.3) is 0 Å². The van der Waals surface area contributed by atoms with E-state index in [9.17, 15) is 14.4 Å². The van der Waals surface area contributed by atoms with Crippen molar-refractivity contribution >= 4 is 17.7 Å². The molecule has 0 spiro atoms. The van der Waals surface area contributed by atoms with Gasteiger partial charge in [-0.1, -0.05) is 83.2 Å². The molecule has 2 aliphatic rings. The summed E-state index contributed by atoms with van der Waals surface area (Å²) >= 11 is 0. The first-order chi connectivity index (χ1) is 16.8. The minimum Gasteiger partial charge on any atom is -0.344 e. The van der Waals surface area contributed by atoms with E-state index < -0.39 is 6.04 Å². The predicted molar refractivity (Wildman–Crippen MR) is 140 cm³/mol. The maximum atomic E-state index is 13.6. The summed E-state index contributed by atoms with van der Waals surface area (Å²) in [6, 6.07) is 9.21. The number of carbonyl (C=O) groups excluding carboxylic acids is 3. The highest BCUT2D eigenvalue weighted by molar-refractivity contribution is 5.91. The monoisotopic (exact) mass is 483 g/mol. The van der Waals surface area contributed by atoms with Crippen molar-refractivity contribution in [2.75, 3.05) is 19.6 Å². The molecular formula is C29H45N3O3. The Bertz CT molecular complexity index is 837. The summed E-state index contributed by atoms with van der Waals surface area (Å²) in [5.74, 6) is 0.563. The summed E-state index contributed by atoms with van der Waals surface area (Å²) in [5.41, 5.74) is 0.973. The Hall–Kier alpha value is -2.37. The summed E-state index contributed by atoms with van der Waals surface area (Å²) in [4.78, 5) is 43.5. The highest BCUT2D eigenvalue weighted by atomic mass is 16.2. The molecule has 0 aromatic heterocycles. The lowest BCUT2D eigenvalue weighted by molar-refractivity contribution is -0.145. The fourth-order valence-electron chi connectivity index (χ4n) is 5.69. The van der Waals surface area contributed by atoms with Crippen molar-refractivity contribution in [3.05, 3.63) is 35.9 Å². The van der Waals surface area contributed by atoms with Gasteiger partial charge in [-0.05, 0) is 37.2 Å². The standard InChI is InChI=1S/C29H45N3O3/c1-5-21(3)27(30-28(34)25(6-2)24-14-8-7-9-15-24)29(35)31-18-19-32(22(4)20-31)26(33)17-16-23-12-10-11-13-23/h7-9,14-15,21-23,25,27H,5-6,10-13,16-20H2,1-4H3,(H,30,34). The third kappa shape index (κ3) is 7.08. The maximum absolute atomic E-state index is 13.6. The Morgan fingerprint density at radius 2 is 1.71 bits per heavy atom. The van der Waals surface area contributed by atoms with Crippen molar-refractivity contribution in [1.82, 2.24) is 15.1 Å². The zero-order valence-electron chi connectivity index (χ0n) is 22.2. The molecule has 6 heteroatoms. The summed E-state index contributed by atoms with van der Waals surface area (Å²) in [6.45, 7) is 9.73. The summed E-state index contributed by atoms with van der Waals surface area (Å²) in [6.07, 6.45) is 8.21. The molecule has 0 radical (unpaired) electrons. The van der Waals surface area contributed by atoms with E-state index in [1.807, 2.05) is 60.9 Å². The van der Waals surface area contributed by atoms with Crippen molar-refractivity contribution in [2.45, 2.75) is 97.1 Å². The molecule has 1 saturated carbocycles. The van der Waals surface area contributed by atoms with Gasteiger partial charge in [-0.3, -0.25) is 14.4 Å². The van der Waals surface area contributed by atoms with E-state index in [1.54, 1.807) is 0 Å². The van der Waals surface area contributed by atoms with E-state index in [0.29, 0.717) is 38.4 Å². The second-order valence-corrected chi connectivity index (χ2v) is 10.7. The van der Waals surface area contributed by atoms with Gasteiger partial charge in [0.15, 0.2) is 0 Å². The van der Waals surface area contributed by atoms with Crippen molar-refractivity contribution in [3.63, 3.8) is 0 Å². The van der Waals surface area contributed by atoms with Crippen molar-refractivity contribution in [1.29, 1.82) is 0 Å². The lowest BCUT2D eigenvalue weighted by Crippen LogP contribution is -2.60. The SMILES string of the molecule is CCC(C(=O)NC(C(=O)N1CCN(C(=O)CCC2CCCC2)C(C)C1)C(C)CC)c1ccccc1. The van der Waals surface area contributed by atoms with Gasteiger partial charge < -0.3 is 15.1 Å². The van der Waals surface area contributed by atoms with Crippen LogP contribution in [0.2, 0.25) is 0 Å². The van der Waals surface area contributed by atoms with Gasteiger partial charge in [-0.25, -0.2) is 0 Å². The fourth-order valence-corrected chi connectivity index (χ4v) is 5.69. The van der Waals surface area contributed by atoms with E-state index in [1.165, 1.54) is 25.7 Å². The maximum Gasteiger partial charge on any atom is 0.245 e. The van der Waals surface area contributed by atoms with Gasteiger partial charge in [0.05, 0.1) is 5.92 Å². The lowest BCUT2D eigenvalue weighted by atomic mass is 9.92. The number of piperazine rings is 1. The van der Waals surface area contributed by atoms with Gasteiger partial charge in [0.2, 0.25) is 17.7 Å². The second kappa shape index (κ2) is 13.1. The van der Waals surface area contributed by atoms with Crippen LogP contribution in [0.4, 0.5) is 0 Å². The van der Waals surface area contributed by atoms with Gasteiger partial charge >= 0.3 is 0 Å². The van der Waals surface area contributed by atoms with E-state index in [4.69, 9.17) is 0 Å². The molecule has 3 rings (SSSR count). The predicted octanol–water partition coefficient (Wildman–Crippen LogP) is 4.74. The van der Waals surface area contributed by atoms with Crippen molar-refractivity contribution in [3.8, 4) is 0 Å². The largest absolute Gasteiger partial charge is 0.344 e. The Kier molecular flexibility index (Phi) is 10.2. The van der Waals surface area contributed by atoms with E-state index in [-0.39, 0.29) is 35.6 Å². The zero-order valence-corrected chi connectivity index (χ0v) is 22.2. The molecule has 194 valence electrons. The molecule has 1 heterocycles. The summed E-state index contributed by atoms with van der Waals surface area (Å²) in [5, 5.41) is 3.10. The third-order valence-electron chi connectivity index (χ3n) is 8.20. The minimum absolute atomic E-state index is 0.00947. The first kappa shape index (κ1) is 27.2. The molecule has 4 unspecified atom stereocenters. The second-order valence-electron chi connectivity index (χ2n) is 10.7. The minimum atomic E-state index is -0.554. The van der Waals surface area contributed by atoms with Crippen LogP contribution in [0.5, 0.6) is 0 Å². The number of hydrogen-bond donors (Lipinski definition) is 1. The van der Waals surface area contributed by atoms with Crippen LogP contribution < -0.4 is 5.32 Å². The van der Waals surface area contributed by atoms with E-state index in [2.05, 4.69) is 12.2 Å². The highest BCUT2D eigenvalue weighted by Crippen LogP contribution is 2.29. The molecule has 0 bridgehead atoms. The summed E-state index contributed by atoms with van der Waals surface area (Å²) in [7, 11) is 0. The molecule has 4 atom stereocenters. The van der Waals surface area contributed by atoms with Crippen LogP contribution in [0, 0.1) is 11.8 Å². The van der Waals surface area contributed by atoms with Gasteiger partial charge in [-0.2, -0.15) is 0 Å². The number of rotatable bonds is 10. The molecule has 2 fully saturated rings. The molecule has 35 heavy (non-hydrogen) atoms. The number of nitrogens with one attached hydrogen (secondary N) is 1. The first-order valence-electron chi connectivity index (χ1n) is 13.8. The Morgan fingerprint density at radius 3 is 2.31 bits per heavy atom. The lowest BCUT2D eigenvalue weighted by Gasteiger charge is -2.42. The Morgan fingerprint density at radius 1 is 1.03 bits per heavy atom. The number of hydrogen-bond acceptors (Lipinski definition) is 3. The molecule has 1 aliphatic heterocycles. The number of carbonyl (C=O) groups is 3. The van der Waals surface area contributed by atoms with Gasteiger partial charge in [0.25, 0.3) is 0 Å². The molecular weight excluding hydrogens is 438 g/mol. The zero-order chi connectivity index (χ0) is 25.4. The average Bonchev–Trinajstić information content (AvgIpc) is 3.40. The van der Waals surface area contributed by atoms with Crippen molar-refractivity contribution in [2.24, 2.45) is 11.8 Å². The average molecular weight is 484 g/mol. The third-order valence-corrected chi connectivity index (χ3v) is 8.20. The molecule has 1 N–H and O–H groups in total. The molecule has 3 amide bonds. The van der Waals surface area contributed by atoms with E-state index >= 15 is 0 Å². The molecule has 1 aromatic carbocycles. The van der Waals surface area contributed by atoms with Gasteiger partial charge in [0.1, 0.15) is 6.04 Å². The van der Waals surface area contributed by atoms with Crippen LogP contribution in [0.3, 0.4) is 0 Å². The van der Waals surface area contributed by atoms with Crippen LogP contribution in [-0.4, -0.2) is 59.2 Å². The van der Waals surface area contributed by atoms with Crippen LogP contribution in [0.1, 0.15) is 90.5 Å². The number of benzene rings is 1. The van der Waals surface area contributed by atoms with Crippen LogP contribution in [0.15, 0.2) is 30.3 Å². The Labute approximate surface area is 211 Å². The van der Waals surface area contributed by atoms with Crippen LogP contribution >= 0.6 is 0 Å². The Balaban J connectivity index is 1.60. The normalized spacial score (nSPS) is 21.4. The van der Waals surface area contributed by atoms with Crippen LogP contribution in [-0.2, 0) is 14.4 Å². The summed E-state index contributed by atoms with van der Waals surface area (Å²) < 4.78 is 0. The quantitative estimate of drug-likeness (QED) is 0.523. The number of nitrogens with zero attached hydrogens (tertiary/aromatic N) is 2. The van der Waals surface area contributed by atoms with Gasteiger partial charge in [0, 0.05) is 32.1 Å². The van der Waals surface area contributed by atoms with Gasteiger partial charge in [-0.15, -0.1) is 0 Å². The topological polar surface area (TPSA) is 69.7 Å². The molecule has 1 aliphatic carbocycles. The smallest absolute Gasteiger partial charge is 0.245 e. The molecule has 1 saturated heterocycles. The fraction of sp³-hybridized carbons (Fsp3) is 0.690.